The molecule has 1 fully saturated rings. The summed E-state index contributed by atoms with van der Waals surface area (Å²) in [4.78, 5) is 14.7. The van der Waals surface area contributed by atoms with Crippen molar-refractivity contribution < 1.29 is 19.0 Å². The van der Waals surface area contributed by atoms with Gasteiger partial charge in [-0.1, -0.05) is 25.5 Å². The molecule has 1 heterocycles. The first-order valence-corrected chi connectivity index (χ1v) is 8.57. The standard InChI is InChI=1S/C11H13NO4.C6H15N5.ClH/c1-14-9-4-2-3-5-10(9)15-7-8-6-12-11(13)16-8;1-2-3-4-10-6(9)11-5(7)8;/h2-5,8H,6-7H2,1H3,(H,12,13);2-4H2,1H3,(H6,7,8,9,10,11);1H. The number of cyclic esters (lactones) is 1. The number of amides is 1. The lowest BCUT2D eigenvalue weighted by Crippen LogP contribution is -2.40. The minimum absolute atomic E-state index is 0. The van der Waals surface area contributed by atoms with E-state index in [1.807, 2.05) is 24.3 Å². The molecule has 1 atom stereocenters. The third-order valence-corrected chi connectivity index (χ3v) is 3.30. The summed E-state index contributed by atoms with van der Waals surface area (Å²) >= 11 is 0. The van der Waals surface area contributed by atoms with Crippen LogP contribution in [0.15, 0.2) is 29.3 Å². The van der Waals surface area contributed by atoms with E-state index < -0.39 is 6.09 Å². The van der Waals surface area contributed by atoms with E-state index in [-0.39, 0.29) is 30.4 Å². The fraction of sp³-hybridized carbons (Fsp3) is 0.471. The predicted octanol–water partition coefficient (Wildman–Crippen LogP) is 1.19. The Kier molecular flexibility index (Phi) is 12.7. The minimum Gasteiger partial charge on any atom is -0.493 e. The molecule has 7 N–H and O–H groups in total. The summed E-state index contributed by atoms with van der Waals surface area (Å²) in [5, 5.41) is 11.8. The summed E-state index contributed by atoms with van der Waals surface area (Å²) < 4.78 is 15.6. The normalized spacial score (nSPS) is 15.1. The molecule has 1 aromatic carbocycles. The van der Waals surface area contributed by atoms with E-state index in [0.29, 0.717) is 31.2 Å². The number of carbonyl (C=O) groups excluding carboxylic acids is 1. The number of nitrogens with two attached hydrogens (primary N) is 2. The molecule has 0 spiro atoms. The van der Waals surface area contributed by atoms with E-state index in [9.17, 15) is 4.79 Å². The summed E-state index contributed by atoms with van der Waals surface area (Å²) in [6, 6.07) is 7.34. The van der Waals surface area contributed by atoms with Crippen LogP contribution in [0.4, 0.5) is 4.79 Å². The minimum atomic E-state index is -0.395. The van der Waals surface area contributed by atoms with Gasteiger partial charge in [-0.05, 0) is 18.6 Å². The van der Waals surface area contributed by atoms with E-state index in [4.69, 9.17) is 31.1 Å². The molecule has 0 saturated carbocycles. The van der Waals surface area contributed by atoms with Crippen LogP contribution < -0.4 is 31.6 Å². The number of hydrogen-bond acceptors (Lipinski definition) is 6. The van der Waals surface area contributed by atoms with E-state index >= 15 is 0 Å². The number of rotatable bonds is 7. The van der Waals surface area contributed by atoms with Crippen molar-refractivity contribution in [2.45, 2.75) is 25.9 Å². The average Bonchev–Trinajstić information content (AvgIpc) is 3.05. The van der Waals surface area contributed by atoms with Gasteiger partial charge in [-0.2, -0.15) is 0 Å². The Morgan fingerprint density at radius 1 is 1.39 bits per heavy atom. The van der Waals surface area contributed by atoms with Gasteiger partial charge >= 0.3 is 6.09 Å². The van der Waals surface area contributed by atoms with E-state index in [2.05, 4.69) is 22.5 Å². The first kappa shape index (κ1) is 25.1. The molecule has 11 heteroatoms. The molecule has 2 rings (SSSR count). The van der Waals surface area contributed by atoms with E-state index in [1.54, 1.807) is 7.11 Å². The smallest absolute Gasteiger partial charge is 0.407 e. The van der Waals surface area contributed by atoms with Crippen LogP contribution in [0.2, 0.25) is 0 Å². The lowest BCUT2D eigenvalue weighted by molar-refractivity contribution is 0.103. The van der Waals surface area contributed by atoms with Crippen molar-refractivity contribution in [3.05, 3.63) is 24.3 Å². The van der Waals surface area contributed by atoms with Gasteiger partial charge in [0.15, 0.2) is 29.5 Å². The van der Waals surface area contributed by atoms with Crippen molar-refractivity contribution in [1.29, 1.82) is 5.41 Å². The average molecular weight is 417 g/mol. The molecule has 158 valence electrons. The zero-order valence-electron chi connectivity index (χ0n) is 16.1. The van der Waals surface area contributed by atoms with Gasteiger partial charge in [0.25, 0.3) is 0 Å². The van der Waals surface area contributed by atoms with Gasteiger partial charge in [0.05, 0.1) is 13.7 Å². The highest BCUT2D eigenvalue weighted by Crippen LogP contribution is 2.26. The predicted molar refractivity (Wildman–Crippen MR) is 110 cm³/mol. The number of unbranched alkanes of at least 4 members (excludes halogenated alkanes) is 1. The monoisotopic (exact) mass is 416 g/mol. The van der Waals surface area contributed by atoms with Crippen LogP contribution in [-0.2, 0) is 4.74 Å². The first-order valence-electron chi connectivity index (χ1n) is 8.57. The fourth-order valence-electron chi connectivity index (χ4n) is 1.98. The Labute approximate surface area is 170 Å². The number of carbonyl (C=O) groups is 1. The number of methoxy groups -OCH3 is 1. The second kappa shape index (κ2) is 14.2. The summed E-state index contributed by atoms with van der Waals surface area (Å²) in [6.07, 6.45) is 1.45. The molecule has 1 aromatic rings. The van der Waals surface area contributed by atoms with Crippen molar-refractivity contribution in [2.75, 3.05) is 26.8 Å². The quantitative estimate of drug-likeness (QED) is 0.253. The van der Waals surface area contributed by atoms with Crippen molar-refractivity contribution in [2.24, 2.45) is 16.5 Å². The number of halogens is 1. The Morgan fingerprint density at radius 2 is 2.07 bits per heavy atom. The van der Waals surface area contributed by atoms with Crippen LogP contribution in [0.25, 0.3) is 0 Å². The highest BCUT2D eigenvalue weighted by atomic mass is 35.5. The van der Waals surface area contributed by atoms with Crippen LogP contribution in [0.1, 0.15) is 19.8 Å². The molecule has 0 radical (unpaired) electrons. The molecule has 1 saturated heterocycles. The molecule has 0 aromatic heterocycles. The van der Waals surface area contributed by atoms with Gasteiger partial charge in [0.2, 0.25) is 0 Å². The van der Waals surface area contributed by atoms with Gasteiger partial charge < -0.3 is 31.0 Å². The second-order valence-electron chi connectivity index (χ2n) is 5.53. The van der Waals surface area contributed by atoms with E-state index in [1.165, 1.54) is 0 Å². The highest BCUT2D eigenvalue weighted by molar-refractivity contribution is 5.95. The van der Waals surface area contributed by atoms with Crippen LogP contribution in [0.5, 0.6) is 11.5 Å². The summed E-state index contributed by atoms with van der Waals surface area (Å²) in [6.45, 7) is 3.56. The third kappa shape index (κ3) is 10.3. The van der Waals surface area contributed by atoms with Crippen LogP contribution in [0, 0.1) is 5.41 Å². The Morgan fingerprint density at radius 3 is 2.61 bits per heavy atom. The summed E-state index contributed by atoms with van der Waals surface area (Å²) in [7, 11) is 1.58. The van der Waals surface area contributed by atoms with Crippen LogP contribution >= 0.6 is 12.4 Å². The molecule has 1 unspecified atom stereocenters. The summed E-state index contributed by atoms with van der Waals surface area (Å²) in [5.41, 5.74) is 10.3. The van der Waals surface area contributed by atoms with Gasteiger partial charge in [0.1, 0.15) is 6.61 Å². The van der Waals surface area contributed by atoms with Crippen molar-refractivity contribution in [1.82, 2.24) is 10.6 Å². The lowest BCUT2D eigenvalue weighted by atomic mass is 10.3. The highest BCUT2D eigenvalue weighted by Gasteiger charge is 2.23. The molecular formula is C17H29ClN6O4. The molecule has 1 aliphatic rings. The number of nitrogens with one attached hydrogen (secondary N) is 3. The van der Waals surface area contributed by atoms with Crippen LogP contribution in [0.3, 0.4) is 0 Å². The zero-order chi connectivity index (χ0) is 20.1. The summed E-state index contributed by atoms with van der Waals surface area (Å²) in [5.74, 6) is 1.35. The number of benzene rings is 1. The van der Waals surface area contributed by atoms with Crippen molar-refractivity contribution in [3.8, 4) is 11.5 Å². The maximum Gasteiger partial charge on any atom is 0.407 e. The number of hydrogen-bond donors (Lipinski definition) is 5. The third-order valence-electron chi connectivity index (χ3n) is 3.30. The Hall–Kier alpha value is -2.88. The molecule has 1 amide bonds. The second-order valence-corrected chi connectivity index (χ2v) is 5.53. The number of alkyl carbamates (subject to hydrolysis) is 1. The fourth-order valence-corrected chi connectivity index (χ4v) is 1.98. The number of para-hydroxylation sites is 2. The van der Waals surface area contributed by atoms with Crippen molar-refractivity contribution >= 4 is 30.4 Å². The van der Waals surface area contributed by atoms with Gasteiger partial charge in [-0.3, -0.25) is 15.7 Å². The molecular weight excluding hydrogens is 388 g/mol. The molecule has 28 heavy (non-hydrogen) atoms. The molecule has 10 nitrogen and oxygen atoms in total. The molecule has 0 bridgehead atoms. The number of nitrogens with zero attached hydrogens (tertiary/aromatic N) is 1. The molecule has 1 aliphatic heterocycles. The maximum atomic E-state index is 10.8. The number of ether oxygens (including phenoxy) is 3. The first-order chi connectivity index (χ1) is 13.0. The topological polar surface area (TPSA) is 157 Å². The lowest BCUT2D eigenvalue weighted by Gasteiger charge is -2.12. The van der Waals surface area contributed by atoms with Crippen LogP contribution in [-0.4, -0.2) is 50.9 Å². The Balaban J connectivity index is 0.000000541. The largest absolute Gasteiger partial charge is 0.493 e. The van der Waals surface area contributed by atoms with Gasteiger partial charge in [-0.15, -0.1) is 12.4 Å². The van der Waals surface area contributed by atoms with E-state index in [0.717, 1.165) is 12.8 Å². The van der Waals surface area contributed by atoms with Gasteiger partial charge in [0, 0.05) is 6.54 Å². The Bertz CT molecular complexity index is 644. The zero-order valence-corrected chi connectivity index (χ0v) is 16.9. The van der Waals surface area contributed by atoms with Gasteiger partial charge in [-0.25, -0.2) is 4.79 Å². The SMILES string of the molecule is CCCCN=C(N)NC(=N)N.COc1ccccc1OCC1CNC(=O)O1.Cl. The van der Waals surface area contributed by atoms with Crippen molar-refractivity contribution in [3.63, 3.8) is 0 Å². The molecule has 0 aliphatic carbocycles. The number of aliphatic imine (C=N–C) groups is 1. The maximum absolute atomic E-state index is 10.8. The number of guanidine groups is 2.